The van der Waals surface area contributed by atoms with E-state index in [0.717, 1.165) is 32.2 Å². The third-order valence-electron chi connectivity index (χ3n) is 6.11. The monoisotopic (exact) mass is 429 g/mol. The van der Waals surface area contributed by atoms with Gasteiger partial charge in [-0.05, 0) is 45.2 Å². The van der Waals surface area contributed by atoms with E-state index in [4.69, 9.17) is 0 Å². The molecule has 0 unspecified atom stereocenters. The fourth-order valence-corrected chi connectivity index (χ4v) is 6.42. The van der Waals surface area contributed by atoms with Crippen LogP contribution in [0.5, 0.6) is 0 Å². The van der Waals surface area contributed by atoms with Crippen molar-refractivity contribution in [3.05, 3.63) is 0 Å². The first-order valence-corrected chi connectivity index (χ1v) is 12.6. The van der Waals surface area contributed by atoms with Gasteiger partial charge in [-0.25, -0.2) is 8.42 Å². The number of nitrogens with zero attached hydrogens (tertiary/aromatic N) is 2. The Labute approximate surface area is 176 Å². The van der Waals surface area contributed by atoms with Crippen LogP contribution in [-0.2, 0) is 19.4 Å². The van der Waals surface area contributed by atoms with Gasteiger partial charge in [0, 0.05) is 38.5 Å². The van der Waals surface area contributed by atoms with Crippen molar-refractivity contribution in [3.8, 4) is 0 Å². The van der Waals surface area contributed by atoms with E-state index in [-0.39, 0.29) is 40.6 Å². The van der Waals surface area contributed by atoms with Crippen molar-refractivity contribution in [2.24, 2.45) is 11.3 Å². The maximum atomic E-state index is 12.5. The molecule has 1 aliphatic heterocycles. The largest absolute Gasteiger partial charge is 0.355 e. The lowest BCUT2D eigenvalue weighted by Gasteiger charge is -2.33. The molecule has 2 amide bonds. The fraction of sp³-hybridized carbons (Fsp3) is 0.905. The zero-order valence-electron chi connectivity index (χ0n) is 18.6. The van der Waals surface area contributed by atoms with Crippen LogP contribution in [-0.4, -0.2) is 81.3 Å². The first-order chi connectivity index (χ1) is 13.5. The number of hydrogen-bond acceptors (Lipinski definition) is 5. The zero-order chi connectivity index (χ0) is 21.7. The highest BCUT2D eigenvalue weighted by atomic mass is 32.2. The van der Waals surface area contributed by atoms with Crippen LogP contribution in [0.2, 0.25) is 0 Å². The highest BCUT2D eigenvalue weighted by Crippen LogP contribution is 2.26. The predicted molar refractivity (Wildman–Crippen MR) is 115 cm³/mol. The molecule has 1 heterocycles. The summed E-state index contributed by atoms with van der Waals surface area (Å²) in [7, 11) is 0.883. The van der Waals surface area contributed by atoms with Gasteiger partial charge in [-0.3, -0.25) is 9.59 Å². The number of carbonyl (C=O) groups excluding carboxylic acids is 2. The second-order valence-electron chi connectivity index (χ2n) is 9.80. The molecule has 1 aliphatic carbocycles. The predicted octanol–water partition coefficient (Wildman–Crippen LogP) is 1.68. The average molecular weight is 430 g/mol. The molecule has 0 atom stereocenters. The quantitative estimate of drug-likeness (QED) is 0.603. The molecule has 0 spiro atoms. The van der Waals surface area contributed by atoms with E-state index in [9.17, 15) is 18.0 Å². The number of nitrogens with one attached hydrogen (secondary N) is 1. The van der Waals surface area contributed by atoms with Crippen LogP contribution < -0.4 is 5.32 Å². The van der Waals surface area contributed by atoms with Crippen molar-refractivity contribution in [1.82, 2.24) is 15.1 Å². The van der Waals surface area contributed by atoms with Crippen LogP contribution >= 0.6 is 0 Å². The lowest BCUT2D eigenvalue weighted by Crippen LogP contribution is -2.46. The molecule has 7 nitrogen and oxygen atoms in total. The minimum absolute atomic E-state index is 0.000632. The number of carbonyl (C=O) groups is 2. The van der Waals surface area contributed by atoms with Crippen LogP contribution in [0.4, 0.5) is 0 Å². The summed E-state index contributed by atoms with van der Waals surface area (Å²) in [4.78, 5) is 28.8. The highest BCUT2D eigenvalue weighted by Gasteiger charge is 2.31. The van der Waals surface area contributed by atoms with Gasteiger partial charge in [-0.2, -0.15) is 0 Å². The summed E-state index contributed by atoms with van der Waals surface area (Å²) in [5, 5.41) is 2.82. The topological polar surface area (TPSA) is 86.8 Å². The zero-order valence-corrected chi connectivity index (χ0v) is 19.4. The van der Waals surface area contributed by atoms with Crippen molar-refractivity contribution in [3.63, 3.8) is 0 Å². The smallest absolute Gasteiger partial charge is 0.223 e. The summed E-state index contributed by atoms with van der Waals surface area (Å²) in [6.07, 6.45) is 4.76. The maximum absolute atomic E-state index is 12.5. The van der Waals surface area contributed by atoms with Crippen molar-refractivity contribution in [2.75, 3.05) is 46.0 Å². The van der Waals surface area contributed by atoms with Crippen molar-refractivity contribution in [1.29, 1.82) is 0 Å². The van der Waals surface area contributed by atoms with Crippen molar-refractivity contribution < 1.29 is 18.0 Å². The van der Waals surface area contributed by atoms with Gasteiger partial charge in [-0.1, -0.05) is 26.7 Å². The van der Waals surface area contributed by atoms with Crippen LogP contribution in [0.3, 0.4) is 0 Å². The molecule has 0 aromatic heterocycles. The van der Waals surface area contributed by atoms with Crippen LogP contribution in [0.15, 0.2) is 0 Å². The average Bonchev–Trinajstić information content (AvgIpc) is 3.19. The summed E-state index contributed by atoms with van der Waals surface area (Å²) >= 11 is 0. The van der Waals surface area contributed by atoms with E-state index < -0.39 is 9.84 Å². The van der Waals surface area contributed by atoms with Gasteiger partial charge in [0.05, 0.1) is 11.0 Å². The van der Waals surface area contributed by atoms with E-state index in [2.05, 4.69) is 24.1 Å². The van der Waals surface area contributed by atoms with Gasteiger partial charge in [-0.15, -0.1) is 0 Å². The Bertz CT molecular complexity index is 661. The highest BCUT2D eigenvalue weighted by molar-refractivity contribution is 7.92. The molecule has 1 N–H and O–H groups in total. The number of rotatable bonds is 9. The Morgan fingerprint density at radius 3 is 2.21 bits per heavy atom. The molecule has 2 rings (SSSR count). The van der Waals surface area contributed by atoms with E-state index in [0.29, 0.717) is 32.5 Å². The Kier molecular flexibility index (Phi) is 8.52. The molecule has 0 aromatic rings. The van der Waals surface area contributed by atoms with E-state index in [1.807, 2.05) is 14.1 Å². The molecule has 0 aromatic carbocycles. The summed E-state index contributed by atoms with van der Waals surface area (Å²) < 4.78 is 24.7. The SMILES string of the molecule is CN(C)CC(C)(C)CNC(=O)C1CCN(C(=O)CCS(=O)(=O)C2CCCC2)CC1. The van der Waals surface area contributed by atoms with E-state index >= 15 is 0 Å². The number of sulfone groups is 1. The van der Waals surface area contributed by atoms with Crippen LogP contribution in [0, 0.1) is 11.3 Å². The molecule has 0 bridgehead atoms. The first kappa shape index (κ1) is 24.1. The van der Waals surface area contributed by atoms with Gasteiger partial charge in [0.1, 0.15) is 0 Å². The Morgan fingerprint density at radius 2 is 1.66 bits per heavy atom. The Hall–Kier alpha value is -1.15. The van der Waals surface area contributed by atoms with Gasteiger partial charge >= 0.3 is 0 Å². The third-order valence-corrected chi connectivity index (χ3v) is 8.37. The number of hydrogen-bond donors (Lipinski definition) is 1. The Morgan fingerprint density at radius 1 is 1.07 bits per heavy atom. The normalized spacial score (nSPS) is 19.7. The van der Waals surface area contributed by atoms with Crippen molar-refractivity contribution in [2.45, 2.75) is 64.0 Å². The molecule has 2 fully saturated rings. The number of likely N-dealkylation sites (tertiary alicyclic amines) is 1. The molecule has 0 radical (unpaired) electrons. The third kappa shape index (κ3) is 7.55. The van der Waals surface area contributed by atoms with Crippen molar-refractivity contribution >= 4 is 21.7 Å². The van der Waals surface area contributed by atoms with Gasteiger partial charge < -0.3 is 15.1 Å². The fourth-order valence-electron chi connectivity index (χ4n) is 4.58. The standard InChI is InChI=1S/C21H39N3O4S/c1-21(2,16-23(3)4)15-22-20(26)17-9-12-24(13-10-17)19(25)11-14-29(27,28)18-7-5-6-8-18/h17-18H,5-16H2,1-4H3,(H,22,26). The molecule has 1 saturated heterocycles. The van der Waals surface area contributed by atoms with E-state index in [1.165, 1.54) is 0 Å². The van der Waals surface area contributed by atoms with Gasteiger partial charge in [0.15, 0.2) is 9.84 Å². The maximum Gasteiger partial charge on any atom is 0.223 e. The molecule has 8 heteroatoms. The summed E-state index contributed by atoms with van der Waals surface area (Å²) in [6.45, 7) is 6.84. The lowest BCUT2D eigenvalue weighted by atomic mass is 9.91. The Balaban J connectivity index is 1.72. The minimum Gasteiger partial charge on any atom is -0.355 e. The molecular formula is C21H39N3O4S. The van der Waals surface area contributed by atoms with Crippen LogP contribution in [0.25, 0.3) is 0 Å². The molecule has 1 saturated carbocycles. The lowest BCUT2D eigenvalue weighted by molar-refractivity contribution is -0.135. The van der Waals surface area contributed by atoms with E-state index in [1.54, 1.807) is 4.90 Å². The molecule has 168 valence electrons. The van der Waals surface area contributed by atoms with Gasteiger partial charge in [0.2, 0.25) is 11.8 Å². The second-order valence-corrected chi connectivity index (χ2v) is 12.2. The van der Waals surface area contributed by atoms with Crippen LogP contribution in [0.1, 0.15) is 58.8 Å². The second kappa shape index (κ2) is 10.2. The summed E-state index contributed by atoms with van der Waals surface area (Å²) in [5.74, 6) is -0.153. The summed E-state index contributed by atoms with van der Waals surface area (Å²) in [5.41, 5.74) is 0.000632. The molecule has 2 aliphatic rings. The number of amides is 2. The van der Waals surface area contributed by atoms with Gasteiger partial charge in [0.25, 0.3) is 0 Å². The minimum atomic E-state index is -3.16. The molecule has 29 heavy (non-hydrogen) atoms. The number of piperidine rings is 1. The summed E-state index contributed by atoms with van der Waals surface area (Å²) in [6, 6.07) is 0. The molecular weight excluding hydrogens is 390 g/mol. The first-order valence-electron chi connectivity index (χ1n) is 10.9.